The summed E-state index contributed by atoms with van der Waals surface area (Å²) in [6.07, 6.45) is 0.868. The van der Waals surface area contributed by atoms with Crippen molar-refractivity contribution in [3.8, 4) is 11.5 Å². The molecule has 0 saturated carbocycles. The van der Waals surface area contributed by atoms with Crippen LogP contribution in [0.5, 0.6) is 11.5 Å². The second kappa shape index (κ2) is 7.77. The van der Waals surface area contributed by atoms with Crippen molar-refractivity contribution in [1.82, 2.24) is 5.32 Å². The summed E-state index contributed by atoms with van der Waals surface area (Å²) in [4.78, 5) is 24.4. The van der Waals surface area contributed by atoms with Gasteiger partial charge in [-0.1, -0.05) is 22.0 Å². The van der Waals surface area contributed by atoms with Crippen molar-refractivity contribution in [1.29, 1.82) is 0 Å². The van der Waals surface area contributed by atoms with Crippen molar-refractivity contribution in [2.24, 2.45) is 0 Å². The number of alkyl halides is 1. The van der Waals surface area contributed by atoms with Crippen LogP contribution < -0.4 is 14.8 Å². The van der Waals surface area contributed by atoms with Gasteiger partial charge >= 0.3 is 0 Å². The minimum absolute atomic E-state index is 0.234. The lowest BCUT2D eigenvalue weighted by Gasteiger charge is -2.24. The number of methoxy groups -OCH3 is 2. The highest BCUT2D eigenvalue weighted by Crippen LogP contribution is 2.40. The molecule has 0 spiro atoms. The predicted molar refractivity (Wildman–Crippen MR) is 93.8 cm³/mol. The minimum atomic E-state index is -1.47. The Bertz CT molecular complexity index is 717. The van der Waals surface area contributed by atoms with Crippen molar-refractivity contribution in [3.05, 3.63) is 35.4 Å². The lowest BCUT2D eigenvalue weighted by molar-refractivity contribution is -0.133. The topological polar surface area (TPSA) is 94.1 Å². The molecule has 8 heteroatoms. The van der Waals surface area contributed by atoms with Gasteiger partial charge in [0.15, 0.2) is 17.1 Å². The van der Waals surface area contributed by atoms with Crippen LogP contribution in [0.1, 0.15) is 25.3 Å². The number of carbonyl (C=O) groups excluding carboxylic acids is 2. The molecule has 1 aliphatic heterocycles. The number of halogens is 1. The number of Topliss-reactive ketones (excluding diaryl/α,β-unsaturated/α-hetero) is 1. The molecule has 1 unspecified atom stereocenters. The van der Waals surface area contributed by atoms with E-state index in [0.717, 1.165) is 0 Å². The summed E-state index contributed by atoms with van der Waals surface area (Å²) < 4.78 is 16.0. The summed E-state index contributed by atoms with van der Waals surface area (Å²) in [5.74, 6) is -0.903. The van der Waals surface area contributed by atoms with E-state index in [1.165, 1.54) is 21.1 Å². The summed E-state index contributed by atoms with van der Waals surface area (Å²) in [6, 6.07) is 4.88. The van der Waals surface area contributed by atoms with Crippen molar-refractivity contribution in [2.75, 3.05) is 19.5 Å². The molecule has 2 rings (SSSR count). The zero-order chi connectivity index (χ0) is 18.6. The number of ether oxygens (including phenoxy) is 3. The van der Waals surface area contributed by atoms with E-state index in [2.05, 4.69) is 21.2 Å². The van der Waals surface area contributed by atoms with Crippen LogP contribution in [0, 0.1) is 0 Å². The maximum absolute atomic E-state index is 12.5. The van der Waals surface area contributed by atoms with E-state index in [-0.39, 0.29) is 18.2 Å². The normalized spacial score (nSPS) is 19.6. The second-order valence-corrected chi connectivity index (χ2v) is 6.35. The van der Waals surface area contributed by atoms with Gasteiger partial charge in [0.25, 0.3) is 5.78 Å². The highest BCUT2D eigenvalue weighted by Gasteiger charge is 2.48. The third-order valence-electron chi connectivity index (χ3n) is 3.89. The maximum atomic E-state index is 12.5. The maximum Gasteiger partial charge on any atom is 0.250 e. The molecule has 1 aromatic rings. The first-order valence-corrected chi connectivity index (χ1v) is 8.75. The van der Waals surface area contributed by atoms with Crippen molar-refractivity contribution < 1.29 is 28.9 Å². The number of carbonyl (C=O) groups is 2. The fraction of sp³-hybridized carbons (Fsp3) is 0.412. The van der Waals surface area contributed by atoms with Crippen LogP contribution >= 0.6 is 15.9 Å². The molecule has 1 aromatic carbocycles. The van der Waals surface area contributed by atoms with Crippen LogP contribution in [-0.2, 0) is 19.9 Å². The Hall–Kier alpha value is -2.22. The molecule has 2 N–H and O–H groups in total. The summed E-state index contributed by atoms with van der Waals surface area (Å²) in [6.45, 7) is 1.52. The van der Waals surface area contributed by atoms with E-state index in [9.17, 15) is 14.7 Å². The molecule has 1 heterocycles. The zero-order valence-electron chi connectivity index (χ0n) is 14.2. The lowest BCUT2D eigenvalue weighted by atomic mass is 9.91. The monoisotopic (exact) mass is 413 g/mol. The van der Waals surface area contributed by atoms with Crippen molar-refractivity contribution >= 4 is 27.6 Å². The Morgan fingerprint density at radius 1 is 1.32 bits per heavy atom. The van der Waals surface area contributed by atoms with Crippen molar-refractivity contribution in [2.45, 2.75) is 25.4 Å². The van der Waals surface area contributed by atoms with Crippen molar-refractivity contribution in [3.63, 3.8) is 0 Å². The number of hydrogen-bond acceptors (Lipinski definition) is 6. The Balaban J connectivity index is 2.26. The third kappa shape index (κ3) is 3.73. The van der Waals surface area contributed by atoms with Gasteiger partial charge in [0.1, 0.15) is 0 Å². The first kappa shape index (κ1) is 19.1. The van der Waals surface area contributed by atoms with Gasteiger partial charge in [0, 0.05) is 17.3 Å². The average Bonchev–Trinajstić information content (AvgIpc) is 2.84. The molecular weight excluding hydrogens is 394 g/mol. The molecule has 0 saturated heterocycles. The fourth-order valence-corrected chi connectivity index (χ4v) is 2.73. The first-order valence-electron chi connectivity index (χ1n) is 7.62. The molecule has 0 aliphatic carbocycles. The molecule has 1 amide bonds. The number of ketones is 1. The lowest BCUT2D eigenvalue weighted by Crippen LogP contribution is -2.32. The van der Waals surface area contributed by atoms with Crippen LogP contribution in [0.15, 0.2) is 29.8 Å². The van der Waals surface area contributed by atoms with Gasteiger partial charge in [0.05, 0.1) is 14.2 Å². The number of nitrogens with one attached hydrogen (secondary N) is 1. The quantitative estimate of drug-likeness (QED) is 0.667. The first-order chi connectivity index (χ1) is 11.9. The molecule has 1 atom stereocenters. The van der Waals surface area contributed by atoms with Gasteiger partial charge in [-0.05, 0) is 25.5 Å². The van der Waals surface area contributed by atoms with Crippen LogP contribution in [0.4, 0.5) is 0 Å². The van der Waals surface area contributed by atoms with Gasteiger partial charge in [-0.15, -0.1) is 0 Å². The van der Waals surface area contributed by atoms with Gasteiger partial charge in [-0.2, -0.15) is 0 Å². The Labute approximate surface area is 154 Å². The summed E-state index contributed by atoms with van der Waals surface area (Å²) in [7, 11) is 2.98. The van der Waals surface area contributed by atoms with Crippen LogP contribution in [-0.4, -0.2) is 36.3 Å². The van der Waals surface area contributed by atoms with E-state index >= 15 is 0 Å². The minimum Gasteiger partial charge on any atom is -0.501 e. The van der Waals surface area contributed by atoms with E-state index < -0.39 is 17.1 Å². The zero-order valence-corrected chi connectivity index (χ0v) is 15.8. The van der Waals surface area contributed by atoms with E-state index in [1.54, 1.807) is 18.2 Å². The fourth-order valence-electron chi connectivity index (χ4n) is 2.45. The number of aliphatic hydroxyl groups is 1. The van der Waals surface area contributed by atoms with Gasteiger partial charge in [0.2, 0.25) is 17.5 Å². The molecular formula is C17H20BrNO6. The Morgan fingerprint density at radius 2 is 2.00 bits per heavy atom. The predicted octanol–water partition coefficient (Wildman–Crippen LogP) is 2.54. The van der Waals surface area contributed by atoms with Crippen LogP contribution in [0.3, 0.4) is 0 Å². The van der Waals surface area contributed by atoms with Crippen LogP contribution in [0.25, 0.3) is 0 Å². The number of hydrogen-bond donors (Lipinski definition) is 2. The van der Waals surface area contributed by atoms with E-state index in [1.807, 2.05) is 0 Å². The Kier molecular flexibility index (Phi) is 5.94. The van der Waals surface area contributed by atoms with Gasteiger partial charge < -0.3 is 19.3 Å². The third-order valence-corrected chi connectivity index (χ3v) is 4.46. The standard InChI is InChI=1S/C17H20BrNO6/c1-17(10-6-7-11(23-2)12(9-10)24-3)15(22)14(21)16(25-17)19-13(20)5-4-8-18/h6-7,9,21H,4-5,8H2,1-3H3,(H,19,20). The SMILES string of the molecule is COc1ccc(C2(C)OC(NC(=O)CCCBr)=C(O)C2=O)cc1OC. The molecule has 0 radical (unpaired) electrons. The van der Waals surface area contributed by atoms with Gasteiger partial charge in [-0.25, -0.2) is 0 Å². The highest BCUT2D eigenvalue weighted by molar-refractivity contribution is 9.09. The molecule has 7 nitrogen and oxygen atoms in total. The summed E-state index contributed by atoms with van der Waals surface area (Å²) >= 11 is 3.24. The molecule has 0 aromatic heterocycles. The molecule has 0 bridgehead atoms. The largest absolute Gasteiger partial charge is 0.501 e. The molecule has 25 heavy (non-hydrogen) atoms. The number of benzene rings is 1. The van der Waals surface area contributed by atoms with Gasteiger partial charge in [-0.3, -0.25) is 14.9 Å². The molecule has 1 aliphatic rings. The summed E-state index contributed by atoms with van der Waals surface area (Å²) in [5, 5.41) is 13.2. The number of aliphatic hydroxyl groups excluding tert-OH is 1. The molecule has 136 valence electrons. The summed E-state index contributed by atoms with van der Waals surface area (Å²) in [5.41, 5.74) is -1.01. The van der Waals surface area contributed by atoms with Crippen LogP contribution in [0.2, 0.25) is 0 Å². The Morgan fingerprint density at radius 3 is 2.60 bits per heavy atom. The highest BCUT2D eigenvalue weighted by atomic mass is 79.9. The van der Waals surface area contributed by atoms with E-state index in [0.29, 0.717) is 28.8 Å². The van der Waals surface area contributed by atoms with E-state index in [4.69, 9.17) is 14.2 Å². The number of amides is 1. The second-order valence-electron chi connectivity index (χ2n) is 5.55. The average molecular weight is 414 g/mol. The smallest absolute Gasteiger partial charge is 0.250 e. The molecule has 0 fully saturated rings. The number of rotatable bonds is 7.